The molecule has 7 fully saturated rings. The van der Waals surface area contributed by atoms with Crippen molar-refractivity contribution < 1.29 is 54.4 Å². The van der Waals surface area contributed by atoms with Crippen molar-refractivity contribution in [3.05, 3.63) is 0 Å². The van der Waals surface area contributed by atoms with E-state index < -0.39 is 54.8 Å². The first kappa shape index (κ1) is 35.7. The topological polar surface area (TPSA) is 175 Å². The van der Waals surface area contributed by atoms with Gasteiger partial charge in [0.1, 0.15) is 35.8 Å². The second-order valence-corrected chi connectivity index (χ2v) is 18.1. The zero-order valence-corrected chi connectivity index (χ0v) is 29.6. The third-order valence-electron chi connectivity index (χ3n) is 16.3. The summed E-state index contributed by atoms with van der Waals surface area (Å²) in [6.07, 6.45) is 1.59. The van der Waals surface area contributed by atoms with Gasteiger partial charge in [0.15, 0.2) is 12.6 Å². The molecule has 7 rings (SSSR count). The van der Waals surface area contributed by atoms with Gasteiger partial charge in [-0.25, -0.2) is 0 Å². The quantitative estimate of drug-likeness (QED) is 0.222. The molecule has 6 N–H and O–H groups in total. The molecule has 11 heteroatoms. The standard InChI is InChI=1S/C37H60O11/c1-19(24-15-37(44,32(2,3)43)31(45-6)48-24)21-9-11-34(5)26-8-7-22-20(17-46-30-29(42)28(41)27(40)25(16-38)47-30)23(39)10-12-35(22)18-36(26,35)14-13-33(21,34)4/h19-22,24-31,38,40-44H,7-18H2,1-6H3/t19-,20-,21+,22-,24?,25+,26-,27+,28-,29+,30+,31?,33+,34-,35+,36-,37?/m0/s1. The highest BCUT2D eigenvalue weighted by molar-refractivity contribution is 5.83. The number of hydrogen-bond acceptors (Lipinski definition) is 11. The molecule has 0 radical (unpaired) electrons. The average Bonchev–Trinajstić information content (AvgIpc) is 3.44. The van der Waals surface area contributed by atoms with Crippen LogP contribution in [-0.4, -0.2) is 111 Å². The lowest BCUT2D eigenvalue weighted by Gasteiger charge is -2.62. The summed E-state index contributed by atoms with van der Waals surface area (Å²) in [6.45, 7) is 10.1. The fourth-order valence-electron chi connectivity index (χ4n) is 13.2. The van der Waals surface area contributed by atoms with E-state index in [9.17, 15) is 35.4 Å². The van der Waals surface area contributed by atoms with E-state index in [2.05, 4.69) is 20.8 Å². The third-order valence-corrected chi connectivity index (χ3v) is 16.3. The first-order valence-corrected chi connectivity index (χ1v) is 18.5. The summed E-state index contributed by atoms with van der Waals surface area (Å²) in [7, 11) is 1.52. The number of Topliss-reactive ketones (excluding diaryl/α,β-unsaturated/α-hetero) is 1. The zero-order chi connectivity index (χ0) is 34.8. The molecular weight excluding hydrogens is 620 g/mol. The molecule has 7 aliphatic rings. The van der Waals surface area contributed by atoms with Crippen LogP contribution in [0.5, 0.6) is 0 Å². The minimum Gasteiger partial charge on any atom is -0.394 e. The van der Waals surface area contributed by atoms with Gasteiger partial charge >= 0.3 is 0 Å². The van der Waals surface area contributed by atoms with Gasteiger partial charge in [0.25, 0.3) is 0 Å². The SMILES string of the molecule is COC1OC([C@@H](C)[C@H]2CC[C@@]3(C)[C@@H]4CC[C@H]5[C@H](CO[C@@H]6O[C@H](CO)[C@@H](O)[C@H](O)[C@H]6O)C(=O)CC[C@@]56C[C@@]46CC[C@]23C)CC1(O)C(C)(C)O. The van der Waals surface area contributed by atoms with Crippen LogP contribution in [0.3, 0.4) is 0 Å². The van der Waals surface area contributed by atoms with Crippen LogP contribution in [0.2, 0.25) is 0 Å². The molecule has 0 amide bonds. The van der Waals surface area contributed by atoms with Gasteiger partial charge in [0.2, 0.25) is 0 Å². The third kappa shape index (κ3) is 4.64. The summed E-state index contributed by atoms with van der Waals surface area (Å²) in [5, 5.41) is 63.0. The smallest absolute Gasteiger partial charge is 0.189 e. The molecule has 0 bridgehead atoms. The normalized spacial score (nSPS) is 55.4. The van der Waals surface area contributed by atoms with Crippen LogP contribution in [0.4, 0.5) is 0 Å². The van der Waals surface area contributed by atoms with E-state index in [1.54, 1.807) is 13.8 Å². The number of rotatable bonds is 8. The Morgan fingerprint density at radius 3 is 2.33 bits per heavy atom. The summed E-state index contributed by atoms with van der Waals surface area (Å²) in [5.74, 6) is 1.22. The molecule has 2 aliphatic heterocycles. The Morgan fingerprint density at radius 2 is 1.69 bits per heavy atom. The van der Waals surface area contributed by atoms with E-state index in [4.69, 9.17) is 18.9 Å². The van der Waals surface area contributed by atoms with Gasteiger partial charge in [0.05, 0.1) is 24.9 Å². The van der Waals surface area contributed by atoms with Crippen molar-refractivity contribution in [1.29, 1.82) is 0 Å². The van der Waals surface area contributed by atoms with Crippen LogP contribution in [0.25, 0.3) is 0 Å². The van der Waals surface area contributed by atoms with Crippen LogP contribution in [-0.2, 0) is 23.7 Å². The molecule has 5 aliphatic carbocycles. The maximum atomic E-state index is 13.5. The summed E-state index contributed by atoms with van der Waals surface area (Å²) in [6, 6.07) is 0. The molecule has 5 saturated carbocycles. The Kier molecular flexibility index (Phi) is 8.65. The van der Waals surface area contributed by atoms with Crippen molar-refractivity contribution >= 4 is 5.78 Å². The Hall–Kier alpha value is -0.730. The predicted molar refractivity (Wildman–Crippen MR) is 172 cm³/mol. The number of aliphatic hydroxyl groups excluding tert-OH is 4. The fourth-order valence-corrected chi connectivity index (χ4v) is 13.2. The van der Waals surface area contributed by atoms with E-state index >= 15 is 0 Å². The number of fused-ring (bicyclic) bond motifs is 2. The predicted octanol–water partition coefficient (Wildman–Crippen LogP) is 2.30. The van der Waals surface area contributed by atoms with Gasteiger partial charge in [-0.3, -0.25) is 4.79 Å². The lowest BCUT2D eigenvalue weighted by molar-refractivity contribution is -0.304. The minimum atomic E-state index is -1.51. The first-order valence-electron chi connectivity index (χ1n) is 18.5. The van der Waals surface area contributed by atoms with E-state index in [0.29, 0.717) is 24.7 Å². The number of methoxy groups -OCH3 is 1. The van der Waals surface area contributed by atoms with E-state index in [-0.39, 0.29) is 57.9 Å². The summed E-state index contributed by atoms with van der Waals surface area (Å²) >= 11 is 0. The maximum Gasteiger partial charge on any atom is 0.189 e. The molecule has 11 nitrogen and oxygen atoms in total. The Bertz CT molecular complexity index is 1250. The number of carbonyl (C=O) groups excluding carboxylic acids is 1. The summed E-state index contributed by atoms with van der Waals surface area (Å²) in [5.41, 5.74) is -2.32. The zero-order valence-electron chi connectivity index (χ0n) is 29.6. The molecular formula is C37H60O11. The highest BCUT2D eigenvalue weighted by Crippen LogP contribution is 2.88. The lowest BCUT2D eigenvalue weighted by atomic mass is 9.43. The minimum absolute atomic E-state index is 0.0874. The van der Waals surface area contributed by atoms with Gasteiger partial charge in [-0.05, 0) is 111 Å². The van der Waals surface area contributed by atoms with Crippen LogP contribution >= 0.6 is 0 Å². The van der Waals surface area contributed by atoms with Crippen molar-refractivity contribution in [2.45, 2.75) is 153 Å². The van der Waals surface area contributed by atoms with Gasteiger partial charge in [0, 0.05) is 25.9 Å². The van der Waals surface area contributed by atoms with Crippen molar-refractivity contribution in [3.8, 4) is 0 Å². The van der Waals surface area contributed by atoms with E-state index in [1.165, 1.54) is 7.11 Å². The Labute approximate surface area is 284 Å². The lowest BCUT2D eigenvalue weighted by Crippen LogP contribution is -2.59. The molecule has 0 aromatic rings. The van der Waals surface area contributed by atoms with Crippen LogP contribution in [0, 0.1) is 51.2 Å². The van der Waals surface area contributed by atoms with Crippen LogP contribution < -0.4 is 0 Å². The number of carbonyl (C=O) groups is 1. The molecule has 2 saturated heterocycles. The second-order valence-electron chi connectivity index (χ2n) is 18.1. The van der Waals surface area contributed by atoms with Crippen molar-refractivity contribution in [1.82, 2.24) is 0 Å². The van der Waals surface area contributed by atoms with Gasteiger partial charge in [-0.1, -0.05) is 20.8 Å². The average molecular weight is 681 g/mol. The molecule has 2 spiro atoms. The van der Waals surface area contributed by atoms with Gasteiger partial charge in [-0.2, -0.15) is 0 Å². The monoisotopic (exact) mass is 680 g/mol. The van der Waals surface area contributed by atoms with E-state index in [1.807, 2.05) is 0 Å². The largest absolute Gasteiger partial charge is 0.394 e. The molecule has 3 unspecified atom stereocenters. The highest BCUT2D eigenvalue weighted by Gasteiger charge is 2.81. The molecule has 0 aromatic heterocycles. The van der Waals surface area contributed by atoms with Crippen molar-refractivity contribution in [2.24, 2.45) is 51.2 Å². The van der Waals surface area contributed by atoms with Crippen LogP contribution in [0.15, 0.2) is 0 Å². The number of ketones is 1. The molecule has 48 heavy (non-hydrogen) atoms. The van der Waals surface area contributed by atoms with Crippen LogP contribution in [0.1, 0.15) is 98.8 Å². The number of aliphatic hydroxyl groups is 6. The molecule has 274 valence electrons. The summed E-state index contributed by atoms with van der Waals surface area (Å²) < 4.78 is 23.6. The van der Waals surface area contributed by atoms with Crippen molar-refractivity contribution in [2.75, 3.05) is 20.3 Å². The second kappa shape index (κ2) is 11.6. The molecule has 17 atom stereocenters. The summed E-state index contributed by atoms with van der Waals surface area (Å²) in [4.78, 5) is 13.5. The molecule has 0 aromatic carbocycles. The Morgan fingerprint density at radius 1 is 0.958 bits per heavy atom. The highest BCUT2D eigenvalue weighted by atomic mass is 16.7. The van der Waals surface area contributed by atoms with Gasteiger partial charge < -0.3 is 49.6 Å². The maximum absolute atomic E-state index is 13.5. The van der Waals surface area contributed by atoms with E-state index in [0.717, 1.165) is 51.4 Å². The number of hydrogen-bond donors (Lipinski definition) is 6. The fraction of sp³-hybridized carbons (Fsp3) is 0.973. The molecule has 2 heterocycles. The number of ether oxygens (including phenoxy) is 4. The first-order chi connectivity index (χ1) is 22.4. The Balaban J connectivity index is 1.08. The van der Waals surface area contributed by atoms with Crippen molar-refractivity contribution in [3.63, 3.8) is 0 Å². The van der Waals surface area contributed by atoms with Gasteiger partial charge in [-0.15, -0.1) is 0 Å².